The second-order valence-electron chi connectivity index (χ2n) is 4.51. The number of nitrogens with one attached hydrogen (secondary N) is 3. The van der Waals surface area contributed by atoms with Gasteiger partial charge in [-0.1, -0.05) is 24.3 Å². The Morgan fingerprint density at radius 3 is 2.55 bits per heavy atom. The number of benzene rings is 2. The maximum atomic E-state index is 11.9. The molecule has 0 saturated heterocycles. The lowest BCUT2D eigenvalue weighted by Gasteiger charge is -2.05. The molecule has 20 heavy (non-hydrogen) atoms. The number of fused-ring (bicyclic) bond motifs is 1. The lowest BCUT2D eigenvalue weighted by Crippen LogP contribution is -2.22. The van der Waals surface area contributed by atoms with Gasteiger partial charge in [-0.05, 0) is 29.8 Å². The lowest BCUT2D eigenvalue weighted by atomic mass is 10.2. The Bertz CT molecular complexity index is 803. The average Bonchev–Trinajstić information content (AvgIpc) is 2.85. The van der Waals surface area contributed by atoms with Crippen LogP contribution in [0.25, 0.3) is 11.0 Å². The smallest absolute Gasteiger partial charge is 0.323 e. The molecule has 0 atom stereocenters. The summed E-state index contributed by atoms with van der Waals surface area (Å²) in [6.45, 7) is 0.414. The first kappa shape index (κ1) is 12.2. The van der Waals surface area contributed by atoms with E-state index in [-0.39, 0.29) is 11.6 Å². The van der Waals surface area contributed by atoms with Gasteiger partial charge in [0.2, 0.25) is 0 Å². The maximum absolute atomic E-state index is 11.9. The van der Waals surface area contributed by atoms with Crippen molar-refractivity contribution in [3.05, 3.63) is 70.1 Å². The van der Waals surface area contributed by atoms with Crippen LogP contribution in [0.2, 0.25) is 0 Å². The molecular weight excluding hydrogens is 254 g/mol. The van der Waals surface area contributed by atoms with E-state index in [0.29, 0.717) is 12.1 Å². The fraction of sp³-hybridized carbons (Fsp3) is 0.0667. The average molecular weight is 267 g/mol. The molecule has 5 nitrogen and oxygen atoms in total. The molecule has 0 unspecified atom stereocenters. The number of H-pyrrole nitrogens is 2. The predicted molar refractivity (Wildman–Crippen MR) is 76.5 cm³/mol. The molecule has 5 heteroatoms. The monoisotopic (exact) mass is 267 g/mol. The number of imidazole rings is 1. The second-order valence-corrected chi connectivity index (χ2v) is 4.51. The van der Waals surface area contributed by atoms with Crippen LogP contribution < -0.4 is 11.0 Å². The minimum Gasteiger partial charge on any atom is -0.348 e. The zero-order valence-electron chi connectivity index (χ0n) is 10.6. The Kier molecular flexibility index (Phi) is 3.09. The number of aromatic nitrogens is 2. The van der Waals surface area contributed by atoms with Crippen LogP contribution in [0.3, 0.4) is 0 Å². The van der Waals surface area contributed by atoms with E-state index in [1.807, 2.05) is 36.4 Å². The van der Waals surface area contributed by atoms with E-state index in [1.165, 1.54) is 0 Å². The van der Waals surface area contributed by atoms with Crippen molar-refractivity contribution in [2.75, 3.05) is 0 Å². The summed E-state index contributed by atoms with van der Waals surface area (Å²) >= 11 is 0. The third-order valence-electron chi connectivity index (χ3n) is 3.07. The van der Waals surface area contributed by atoms with Crippen LogP contribution in [-0.2, 0) is 6.54 Å². The van der Waals surface area contributed by atoms with Gasteiger partial charge in [0, 0.05) is 12.1 Å². The number of amides is 1. The summed E-state index contributed by atoms with van der Waals surface area (Å²) in [4.78, 5) is 28.5. The van der Waals surface area contributed by atoms with Crippen LogP contribution >= 0.6 is 0 Å². The standard InChI is InChI=1S/C15H13N3O2/c19-14(11-4-2-1-3-5-11)16-9-10-6-7-12-13(8-10)18-15(20)17-12/h1-8H,9H2,(H,16,19)(H2,17,18,20). The van der Waals surface area contributed by atoms with Gasteiger partial charge in [0.15, 0.2) is 0 Å². The van der Waals surface area contributed by atoms with Crippen molar-refractivity contribution < 1.29 is 4.79 Å². The highest BCUT2D eigenvalue weighted by molar-refractivity contribution is 5.94. The maximum Gasteiger partial charge on any atom is 0.323 e. The van der Waals surface area contributed by atoms with Gasteiger partial charge in [0.25, 0.3) is 5.91 Å². The highest BCUT2D eigenvalue weighted by atomic mass is 16.1. The Morgan fingerprint density at radius 1 is 1.00 bits per heavy atom. The summed E-state index contributed by atoms with van der Waals surface area (Å²) in [6, 6.07) is 14.6. The quantitative estimate of drug-likeness (QED) is 0.676. The Morgan fingerprint density at radius 2 is 1.75 bits per heavy atom. The van der Waals surface area contributed by atoms with Crippen molar-refractivity contribution in [2.24, 2.45) is 0 Å². The summed E-state index contributed by atoms with van der Waals surface area (Å²) in [5.74, 6) is -0.117. The van der Waals surface area contributed by atoms with E-state index in [9.17, 15) is 9.59 Å². The highest BCUT2D eigenvalue weighted by Crippen LogP contribution is 2.10. The number of aromatic amines is 2. The fourth-order valence-corrected chi connectivity index (χ4v) is 2.06. The van der Waals surface area contributed by atoms with E-state index >= 15 is 0 Å². The molecule has 3 rings (SSSR count). The van der Waals surface area contributed by atoms with Crippen LogP contribution in [0, 0.1) is 0 Å². The molecular formula is C15H13N3O2. The second kappa shape index (κ2) is 5.05. The van der Waals surface area contributed by atoms with Crippen LogP contribution in [0.4, 0.5) is 0 Å². The van der Waals surface area contributed by atoms with E-state index in [2.05, 4.69) is 15.3 Å². The van der Waals surface area contributed by atoms with Gasteiger partial charge < -0.3 is 15.3 Å². The summed E-state index contributed by atoms with van der Waals surface area (Å²) in [5.41, 5.74) is 2.82. The van der Waals surface area contributed by atoms with E-state index in [4.69, 9.17) is 0 Å². The summed E-state index contributed by atoms with van der Waals surface area (Å²) in [7, 11) is 0. The Hall–Kier alpha value is -2.82. The fourth-order valence-electron chi connectivity index (χ4n) is 2.06. The Balaban J connectivity index is 1.73. The third kappa shape index (κ3) is 2.47. The number of hydrogen-bond donors (Lipinski definition) is 3. The molecule has 2 aromatic carbocycles. The molecule has 1 aromatic heterocycles. The van der Waals surface area contributed by atoms with Crippen LogP contribution in [0.1, 0.15) is 15.9 Å². The minimum atomic E-state index is -0.231. The van der Waals surface area contributed by atoms with Crippen molar-refractivity contribution in [3.63, 3.8) is 0 Å². The molecule has 3 N–H and O–H groups in total. The number of rotatable bonds is 3. The molecule has 1 heterocycles. The van der Waals surface area contributed by atoms with Crippen molar-refractivity contribution in [1.82, 2.24) is 15.3 Å². The van der Waals surface area contributed by atoms with Gasteiger partial charge in [0.05, 0.1) is 11.0 Å². The molecule has 0 aliphatic rings. The first-order valence-electron chi connectivity index (χ1n) is 6.26. The lowest BCUT2D eigenvalue weighted by molar-refractivity contribution is 0.0951. The number of hydrogen-bond acceptors (Lipinski definition) is 2. The van der Waals surface area contributed by atoms with Gasteiger partial charge in [-0.2, -0.15) is 0 Å². The zero-order chi connectivity index (χ0) is 13.9. The summed E-state index contributed by atoms with van der Waals surface area (Å²) < 4.78 is 0. The van der Waals surface area contributed by atoms with Gasteiger partial charge in [-0.3, -0.25) is 4.79 Å². The SMILES string of the molecule is O=C(NCc1ccc2[nH]c(=O)[nH]c2c1)c1ccccc1. The van der Waals surface area contributed by atoms with E-state index < -0.39 is 0 Å². The summed E-state index contributed by atoms with van der Waals surface area (Å²) in [6.07, 6.45) is 0. The molecule has 0 aliphatic carbocycles. The van der Waals surface area contributed by atoms with Crippen molar-refractivity contribution in [3.8, 4) is 0 Å². The van der Waals surface area contributed by atoms with E-state index in [0.717, 1.165) is 16.6 Å². The first-order chi connectivity index (χ1) is 9.72. The number of carbonyl (C=O) groups excluding carboxylic acids is 1. The molecule has 3 aromatic rings. The van der Waals surface area contributed by atoms with Gasteiger partial charge in [-0.15, -0.1) is 0 Å². The van der Waals surface area contributed by atoms with Crippen LogP contribution in [0.5, 0.6) is 0 Å². The molecule has 0 radical (unpaired) electrons. The van der Waals surface area contributed by atoms with Crippen molar-refractivity contribution in [1.29, 1.82) is 0 Å². The van der Waals surface area contributed by atoms with Gasteiger partial charge >= 0.3 is 5.69 Å². The first-order valence-corrected chi connectivity index (χ1v) is 6.26. The van der Waals surface area contributed by atoms with Crippen molar-refractivity contribution >= 4 is 16.9 Å². The molecule has 0 saturated carbocycles. The Labute approximate surface area is 114 Å². The van der Waals surface area contributed by atoms with Gasteiger partial charge in [0.1, 0.15) is 0 Å². The van der Waals surface area contributed by atoms with Crippen LogP contribution in [-0.4, -0.2) is 15.9 Å². The zero-order valence-corrected chi connectivity index (χ0v) is 10.6. The minimum absolute atomic E-state index is 0.117. The molecule has 1 amide bonds. The molecule has 100 valence electrons. The molecule has 0 spiro atoms. The summed E-state index contributed by atoms with van der Waals surface area (Å²) in [5, 5.41) is 2.85. The molecule has 0 bridgehead atoms. The number of carbonyl (C=O) groups is 1. The van der Waals surface area contributed by atoms with Crippen molar-refractivity contribution in [2.45, 2.75) is 6.54 Å². The van der Waals surface area contributed by atoms with Crippen LogP contribution in [0.15, 0.2) is 53.3 Å². The normalized spacial score (nSPS) is 10.6. The largest absolute Gasteiger partial charge is 0.348 e. The molecule has 0 aliphatic heterocycles. The van der Waals surface area contributed by atoms with Gasteiger partial charge in [-0.25, -0.2) is 4.79 Å². The third-order valence-corrected chi connectivity index (χ3v) is 3.07. The topological polar surface area (TPSA) is 77.8 Å². The molecule has 0 fully saturated rings. The highest BCUT2D eigenvalue weighted by Gasteiger charge is 2.05. The predicted octanol–water partition coefficient (Wildman–Crippen LogP) is 1.79. The van der Waals surface area contributed by atoms with E-state index in [1.54, 1.807) is 12.1 Å².